The summed E-state index contributed by atoms with van der Waals surface area (Å²) in [7, 11) is 0. The van der Waals surface area contributed by atoms with Gasteiger partial charge in [0.2, 0.25) is 5.88 Å². The molecule has 32 heavy (non-hydrogen) atoms. The topological polar surface area (TPSA) is 94.6 Å². The molecule has 0 bridgehead atoms. The fourth-order valence-electron chi connectivity index (χ4n) is 3.40. The Morgan fingerprint density at radius 1 is 1.03 bits per heavy atom. The molecule has 1 atom stereocenters. The number of para-hydroxylation sites is 1. The Bertz CT molecular complexity index is 1230. The number of hydrogen-bond acceptors (Lipinski definition) is 6. The van der Waals surface area contributed by atoms with Gasteiger partial charge in [0.05, 0.1) is 5.92 Å². The van der Waals surface area contributed by atoms with Crippen LogP contribution in [0.5, 0.6) is 17.2 Å². The molecule has 160 valence electrons. The number of hydrogen-bond donors (Lipinski definition) is 1. The van der Waals surface area contributed by atoms with Gasteiger partial charge in [-0.25, -0.2) is 4.79 Å². The molecule has 0 aliphatic carbocycles. The summed E-state index contributed by atoms with van der Waals surface area (Å²) in [6.45, 7) is -0.263. The number of esters is 1. The van der Waals surface area contributed by atoms with E-state index in [1.54, 1.807) is 54.6 Å². The van der Waals surface area contributed by atoms with Crippen LogP contribution in [0.2, 0.25) is 10.0 Å². The van der Waals surface area contributed by atoms with E-state index in [1.807, 2.05) is 6.07 Å². The molecule has 0 aromatic heterocycles. The van der Waals surface area contributed by atoms with Gasteiger partial charge in [0.1, 0.15) is 28.9 Å². The molecule has 1 aliphatic heterocycles. The van der Waals surface area contributed by atoms with E-state index in [2.05, 4.69) is 6.07 Å². The molecule has 4 rings (SSSR count). The highest BCUT2D eigenvalue weighted by molar-refractivity contribution is 6.36. The third-order valence-corrected chi connectivity index (χ3v) is 5.47. The summed E-state index contributed by atoms with van der Waals surface area (Å²) in [5, 5.41) is 10.5. The molecule has 6 nitrogen and oxygen atoms in total. The number of rotatable bonds is 5. The third kappa shape index (κ3) is 4.35. The van der Waals surface area contributed by atoms with Gasteiger partial charge in [-0.3, -0.25) is 0 Å². The van der Waals surface area contributed by atoms with Crippen molar-refractivity contribution >= 4 is 29.2 Å². The molecule has 1 aliphatic rings. The molecule has 0 saturated heterocycles. The lowest BCUT2D eigenvalue weighted by atomic mass is 9.83. The number of benzene rings is 3. The van der Waals surface area contributed by atoms with Gasteiger partial charge in [-0.1, -0.05) is 53.5 Å². The molecule has 1 unspecified atom stereocenters. The average molecular weight is 467 g/mol. The number of ether oxygens (including phenoxy) is 3. The summed E-state index contributed by atoms with van der Waals surface area (Å²) >= 11 is 12.8. The van der Waals surface area contributed by atoms with E-state index in [0.29, 0.717) is 32.7 Å². The van der Waals surface area contributed by atoms with E-state index in [4.69, 9.17) is 43.1 Å². The highest BCUT2D eigenvalue weighted by Crippen LogP contribution is 2.47. The van der Waals surface area contributed by atoms with Crippen molar-refractivity contribution in [2.75, 3.05) is 6.61 Å². The number of allylic oxidation sites excluding steroid dienone is 1. The number of halogens is 2. The first kappa shape index (κ1) is 21.6. The number of nitriles is 1. The lowest BCUT2D eigenvalue weighted by Gasteiger charge is -2.27. The number of fused-ring (bicyclic) bond motifs is 1. The van der Waals surface area contributed by atoms with Gasteiger partial charge < -0.3 is 19.9 Å². The fraction of sp³-hybridized carbons (Fsp3) is 0.0833. The van der Waals surface area contributed by atoms with Gasteiger partial charge in [0.15, 0.2) is 6.61 Å². The Kier molecular flexibility index (Phi) is 6.22. The third-order valence-electron chi connectivity index (χ3n) is 4.81. The quantitative estimate of drug-likeness (QED) is 0.410. The average Bonchev–Trinajstić information content (AvgIpc) is 2.78. The Morgan fingerprint density at radius 3 is 2.44 bits per heavy atom. The highest BCUT2D eigenvalue weighted by atomic mass is 35.5. The van der Waals surface area contributed by atoms with Crippen LogP contribution in [0.25, 0.3) is 0 Å². The van der Waals surface area contributed by atoms with Crippen LogP contribution in [0, 0.1) is 11.3 Å². The van der Waals surface area contributed by atoms with Crippen LogP contribution in [-0.4, -0.2) is 12.6 Å². The predicted octanol–water partition coefficient (Wildman–Crippen LogP) is 5.20. The molecular weight excluding hydrogens is 451 g/mol. The van der Waals surface area contributed by atoms with Crippen LogP contribution >= 0.6 is 23.2 Å². The molecule has 1 heterocycles. The number of nitrogens with zero attached hydrogens (tertiary/aromatic N) is 1. The second kappa shape index (κ2) is 9.23. The minimum Gasteiger partial charge on any atom is -0.482 e. The molecule has 0 radical (unpaired) electrons. The maximum Gasteiger partial charge on any atom is 0.349 e. The minimum atomic E-state index is -0.629. The van der Waals surface area contributed by atoms with E-state index < -0.39 is 11.9 Å². The predicted molar refractivity (Wildman–Crippen MR) is 120 cm³/mol. The van der Waals surface area contributed by atoms with E-state index in [-0.39, 0.29) is 23.8 Å². The second-order valence-electron chi connectivity index (χ2n) is 6.84. The van der Waals surface area contributed by atoms with Crippen LogP contribution in [0.1, 0.15) is 17.0 Å². The van der Waals surface area contributed by atoms with Crippen molar-refractivity contribution in [3.05, 3.63) is 99.4 Å². The Morgan fingerprint density at radius 2 is 1.75 bits per heavy atom. The molecule has 0 saturated carbocycles. The SMILES string of the molecule is N#CC1=C(N)Oc2cc(OC(=O)COc3ccccc3)ccc2C1c1c(Cl)cccc1Cl. The standard InChI is InChI=1S/C24H16Cl2N2O4/c25-18-7-4-8-19(26)23(18)22-16-10-9-15(11-20(16)32-24(28)17(22)12-27)31-21(29)13-30-14-5-2-1-3-6-14/h1-11,22H,13,28H2. The van der Waals surface area contributed by atoms with Crippen molar-refractivity contribution in [2.24, 2.45) is 5.73 Å². The lowest BCUT2D eigenvalue weighted by molar-refractivity contribution is -0.136. The van der Waals surface area contributed by atoms with Gasteiger partial charge >= 0.3 is 5.97 Å². The smallest absolute Gasteiger partial charge is 0.349 e. The molecule has 0 spiro atoms. The minimum absolute atomic E-state index is 0.0723. The van der Waals surface area contributed by atoms with Crippen molar-refractivity contribution in [2.45, 2.75) is 5.92 Å². The first-order valence-electron chi connectivity index (χ1n) is 9.52. The Balaban J connectivity index is 1.61. The van der Waals surface area contributed by atoms with Gasteiger partial charge in [-0.2, -0.15) is 5.26 Å². The zero-order chi connectivity index (χ0) is 22.7. The molecule has 2 N–H and O–H groups in total. The molecular formula is C24H16Cl2N2O4. The fourth-order valence-corrected chi connectivity index (χ4v) is 4.02. The van der Waals surface area contributed by atoms with Gasteiger partial charge in [0, 0.05) is 27.2 Å². The summed E-state index contributed by atoms with van der Waals surface area (Å²) in [6.07, 6.45) is 0. The van der Waals surface area contributed by atoms with Crippen molar-refractivity contribution < 1.29 is 19.0 Å². The van der Waals surface area contributed by atoms with Crippen LogP contribution in [-0.2, 0) is 4.79 Å². The molecule has 0 fully saturated rings. The van der Waals surface area contributed by atoms with E-state index in [1.165, 1.54) is 6.07 Å². The normalized spacial score (nSPS) is 14.7. The van der Waals surface area contributed by atoms with Gasteiger partial charge in [-0.15, -0.1) is 0 Å². The molecule has 0 amide bonds. The summed E-state index contributed by atoms with van der Waals surface area (Å²) in [6, 6.07) is 20.9. The van der Waals surface area contributed by atoms with Crippen LogP contribution in [0.4, 0.5) is 0 Å². The van der Waals surface area contributed by atoms with E-state index >= 15 is 0 Å². The summed E-state index contributed by atoms with van der Waals surface area (Å²) in [4.78, 5) is 12.2. The number of carbonyl (C=O) groups is 1. The van der Waals surface area contributed by atoms with Crippen LogP contribution in [0.3, 0.4) is 0 Å². The van der Waals surface area contributed by atoms with Crippen LogP contribution < -0.4 is 19.9 Å². The van der Waals surface area contributed by atoms with E-state index in [9.17, 15) is 10.1 Å². The van der Waals surface area contributed by atoms with Crippen molar-refractivity contribution in [1.82, 2.24) is 0 Å². The molecule has 3 aromatic carbocycles. The largest absolute Gasteiger partial charge is 0.482 e. The maximum atomic E-state index is 12.2. The zero-order valence-electron chi connectivity index (χ0n) is 16.5. The Labute approximate surface area is 194 Å². The molecule has 3 aromatic rings. The Hall–Kier alpha value is -3.66. The van der Waals surface area contributed by atoms with Crippen molar-refractivity contribution in [3.8, 4) is 23.3 Å². The maximum absolute atomic E-state index is 12.2. The summed E-state index contributed by atoms with van der Waals surface area (Å²) in [5.74, 6) is -0.163. The zero-order valence-corrected chi connectivity index (χ0v) is 18.1. The summed E-state index contributed by atoms with van der Waals surface area (Å²) in [5.41, 5.74) is 7.36. The van der Waals surface area contributed by atoms with Gasteiger partial charge in [-0.05, 0) is 30.3 Å². The van der Waals surface area contributed by atoms with Crippen LogP contribution in [0.15, 0.2) is 78.2 Å². The first-order valence-corrected chi connectivity index (χ1v) is 10.3. The lowest BCUT2D eigenvalue weighted by Crippen LogP contribution is -2.22. The second-order valence-corrected chi connectivity index (χ2v) is 7.65. The van der Waals surface area contributed by atoms with Crippen molar-refractivity contribution in [1.29, 1.82) is 5.26 Å². The van der Waals surface area contributed by atoms with Gasteiger partial charge in [0.25, 0.3) is 0 Å². The number of carbonyl (C=O) groups excluding carboxylic acids is 1. The number of nitrogens with two attached hydrogens (primary N) is 1. The molecule has 8 heteroatoms. The highest BCUT2D eigenvalue weighted by Gasteiger charge is 2.33. The van der Waals surface area contributed by atoms with Crippen molar-refractivity contribution in [3.63, 3.8) is 0 Å². The monoisotopic (exact) mass is 466 g/mol. The van der Waals surface area contributed by atoms with E-state index in [0.717, 1.165) is 0 Å². The summed E-state index contributed by atoms with van der Waals surface area (Å²) < 4.78 is 16.4. The first-order chi connectivity index (χ1) is 15.5.